The molecule has 3 heteroatoms. The molecule has 0 radical (unpaired) electrons. The molecule has 1 saturated carbocycles. The standard InChI is InChI=1S/C15H21BrClN/c1-10(12-5-3-4-6-12)18-11(2)14-8-7-13(16)9-15(14)17/h7-12,18H,3-6H2,1-2H3/t10-,11?/m0/s1. The van der Waals surface area contributed by atoms with Gasteiger partial charge in [-0.05, 0) is 50.3 Å². The Hall–Kier alpha value is -0.0500. The summed E-state index contributed by atoms with van der Waals surface area (Å²) in [5, 5.41) is 4.53. The van der Waals surface area contributed by atoms with E-state index in [0.29, 0.717) is 12.1 Å². The largest absolute Gasteiger partial charge is 0.307 e. The minimum absolute atomic E-state index is 0.307. The Kier molecular flexibility index (Phi) is 5.11. The van der Waals surface area contributed by atoms with Gasteiger partial charge in [-0.1, -0.05) is 46.4 Å². The van der Waals surface area contributed by atoms with Crippen LogP contribution >= 0.6 is 27.5 Å². The third kappa shape index (κ3) is 3.49. The number of rotatable bonds is 4. The molecule has 0 saturated heterocycles. The van der Waals surface area contributed by atoms with E-state index in [9.17, 15) is 0 Å². The lowest BCUT2D eigenvalue weighted by molar-refractivity contribution is 0.352. The molecule has 1 aromatic carbocycles. The highest BCUT2D eigenvalue weighted by atomic mass is 79.9. The lowest BCUT2D eigenvalue weighted by Gasteiger charge is -2.25. The Bertz CT molecular complexity index is 401. The molecule has 1 fully saturated rings. The third-order valence-electron chi connectivity index (χ3n) is 4.05. The molecular weight excluding hydrogens is 310 g/mol. The van der Waals surface area contributed by atoms with E-state index in [1.54, 1.807) is 0 Å². The van der Waals surface area contributed by atoms with Gasteiger partial charge < -0.3 is 5.32 Å². The van der Waals surface area contributed by atoms with Gasteiger partial charge in [0.25, 0.3) is 0 Å². The third-order valence-corrected chi connectivity index (χ3v) is 4.87. The van der Waals surface area contributed by atoms with E-state index in [2.05, 4.69) is 47.2 Å². The van der Waals surface area contributed by atoms with E-state index < -0.39 is 0 Å². The normalized spacial score (nSPS) is 20.0. The highest BCUT2D eigenvalue weighted by Gasteiger charge is 2.23. The number of benzene rings is 1. The van der Waals surface area contributed by atoms with E-state index in [-0.39, 0.29) is 0 Å². The van der Waals surface area contributed by atoms with E-state index >= 15 is 0 Å². The molecule has 1 N–H and O–H groups in total. The van der Waals surface area contributed by atoms with Crippen molar-refractivity contribution in [1.29, 1.82) is 0 Å². The second-order valence-corrected chi connectivity index (χ2v) is 6.71. The maximum Gasteiger partial charge on any atom is 0.0464 e. The topological polar surface area (TPSA) is 12.0 Å². The summed E-state index contributed by atoms with van der Waals surface area (Å²) in [6, 6.07) is 7.00. The summed E-state index contributed by atoms with van der Waals surface area (Å²) < 4.78 is 1.03. The van der Waals surface area contributed by atoms with Crippen molar-refractivity contribution < 1.29 is 0 Å². The molecule has 1 aliphatic rings. The molecule has 0 bridgehead atoms. The van der Waals surface area contributed by atoms with Gasteiger partial charge in [0, 0.05) is 21.6 Å². The van der Waals surface area contributed by atoms with Crippen LogP contribution < -0.4 is 5.32 Å². The second kappa shape index (κ2) is 6.40. The predicted octanol–water partition coefficient (Wildman–Crippen LogP) is 5.33. The fourth-order valence-electron chi connectivity index (χ4n) is 2.93. The highest BCUT2D eigenvalue weighted by molar-refractivity contribution is 9.10. The van der Waals surface area contributed by atoms with Crippen LogP contribution in [0.5, 0.6) is 0 Å². The molecule has 0 aromatic heterocycles. The smallest absolute Gasteiger partial charge is 0.0464 e. The van der Waals surface area contributed by atoms with Crippen molar-refractivity contribution in [1.82, 2.24) is 5.32 Å². The van der Waals surface area contributed by atoms with Crippen LogP contribution in [0.3, 0.4) is 0 Å². The van der Waals surface area contributed by atoms with Crippen molar-refractivity contribution in [2.24, 2.45) is 5.92 Å². The van der Waals surface area contributed by atoms with Crippen LogP contribution in [-0.4, -0.2) is 6.04 Å². The van der Waals surface area contributed by atoms with Gasteiger partial charge in [0.05, 0.1) is 0 Å². The Balaban J connectivity index is 2.00. The first-order valence-corrected chi connectivity index (χ1v) is 7.96. The molecule has 0 heterocycles. The zero-order valence-electron chi connectivity index (χ0n) is 11.0. The molecule has 0 aliphatic heterocycles. The zero-order valence-corrected chi connectivity index (χ0v) is 13.4. The van der Waals surface area contributed by atoms with Gasteiger partial charge in [-0.25, -0.2) is 0 Å². The van der Waals surface area contributed by atoms with Gasteiger partial charge in [0.15, 0.2) is 0 Å². The fourth-order valence-corrected chi connectivity index (χ4v) is 3.77. The molecule has 100 valence electrons. The summed E-state index contributed by atoms with van der Waals surface area (Å²) >= 11 is 9.74. The lowest BCUT2D eigenvalue weighted by atomic mass is 9.98. The molecule has 2 atom stereocenters. The van der Waals surface area contributed by atoms with Crippen LogP contribution in [0.15, 0.2) is 22.7 Å². The number of halogens is 2. The van der Waals surface area contributed by atoms with Crippen molar-refractivity contribution in [2.45, 2.75) is 51.6 Å². The van der Waals surface area contributed by atoms with Crippen LogP contribution in [0.2, 0.25) is 5.02 Å². The van der Waals surface area contributed by atoms with Crippen LogP contribution in [0.25, 0.3) is 0 Å². The summed E-state index contributed by atoms with van der Waals surface area (Å²) in [5.41, 5.74) is 1.18. The molecule has 1 nitrogen and oxygen atoms in total. The Labute approximate surface area is 123 Å². The summed E-state index contributed by atoms with van der Waals surface area (Å²) in [7, 11) is 0. The van der Waals surface area contributed by atoms with Gasteiger partial charge in [0.2, 0.25) is 0 Å². The van der Waals surface area contributed by atoms with Gasteiger partial charge in [0.1, 0.15) is 0 Å². The van der Waals surface area contributed by atoms with Crippen molar-refractivity contribution in [3.63, 3.8) is 0 Å². The van der Waals surface area contributed by atoms with Crippen LogP contribution in [0.1, 0.15) is 51.1 Å². The molecule has 18 heavy (non-hydrogen) atoms. The Morgan fingerprint density at radius 1 is 1.28 bits per heavy atom. The average molecular weight is 331 g/mol. The molecular formula is C15H21BrClN. The maximum absolute atomic E-state index is 6.30. The van der Waals surface area contributed by atoms with Crippen molar-refractivity contribution in [3.8, 4) is 0 Å². The highest BCUT2D eigenvalue weighted by Crippen LogP contribution is 2.30. The maximum atomic E-state index is 6.30. The second-order valence-electron chi connectivity index (χ2n) is 5.39. The Morgan fingerprint density at radius 2 is 1.94 bits per heavy atom. The number of hydrogen-bond acceptors (Lipinski definition) is 1. The SMILES string of the molecule is CC(N[C@@H](C)C1CCCC1)c1ccc(Br)cc1Cl. The molecule has 0 amide bonds. The molecule has 1 aliphatic carbocycles. The summed E-state index contributed by atoms with van der Waals surface area (Å²) in [5.74, 6) is 0.835. The quantitative estimate of drug-likeness (QED) is 0.786. The molecule has 1 unspecified atom stereocenters. The molecule has 0 spiro atoms. The summed E-state index contributed by atoms with van der Waals surface area (Å²) in [6.07, 6.45) is 5.53. The fraction of sp³-hybridized carbons (Fsp3) is 0.600. The van der Waals surface area contributed by atoms with E-state index in [1.807, 2.05) is 6.07 Å². The lowest BCUT2D eigenvalue weighted by Crippen LogP contribution is -2.34. The first-order valence-electron chi connectivity index (χ1n) is 6.79. The van der Waals surface area contributed by atoms with Crippen molar-refractivity contribution in [2.75, 3.05) is 0 Å². The van der Waals surface area contributed by atoms with Crippen LogP contribution in [0, 0.1) is 5.92 Å². The van der Waals surface area contributed by atoms with E-state index in [1.165, 1.54) is 31.2 Å². The van der Waals surface area contributed by atoms with Crippen molar-refractivity contribution >= 4 is 27.5 Å². The molecule has 1 aromatic rings. The van der Waals surface area contributed by atoms with Gasteiger partial charge >= 0.3 is 0 Å². The van der Waals surface area contributed by atoms with Crippen LogP contribution in [-0.2, 0) is 0 Å². The molecule has 2 rings (SSSR count). The minimum atomic E-state index is 0.307. The predicted molar refractivity (Wildman–Crippen MR) is 82.1 cm³/mol. The first-order chi connectivity index (χ1) is 8.58. The Morgan fingerprint density at radius 3 is 2.56 bits per heavy atom. The number of nitrogens with one attached hydrogen (secondary N) is 1. The van der Waals surface area contributed by atoms with Gasteiger partial charge in [-0.2, -0.15) is 0 Å². The summed E-state index contributed by atoms with van der Waals surface area (Å²) in [6.45, 7) is 4.50. The van der Waals surface area contributed by atoms with Gasteiger partial charge in [-0.15, -0.1) is 0 Å². The van der Waals surface area contributed by atoms with Crippen molar-refractivity contribution in [3.05, 3.63) is 33.3 Å². The van der Waals surface area contributed by atoms with Gasteiger partial charge in [-0.3, -0.25) is 0 Å². The number of hydrogen-bond donors (Lipinski definition) is 1. The van der Waals surface area contributed by atoms with E-state index in [4.69, 9.17) is 11.6 Å². The minimum Gasteiger partial charge on any atom is -0.307 e. The zero-order chi connectivity index (χ0) is 13.1. The first kappa shape index (κ1) is 14.4. The van der Waals surface area contributed by atoms with Crippen LogP contribution in [0.4, 0.5) is 0 Å². The monoisotopic (exact) mass is 329 g/mol. The van der Waals surface area contributed by atoms with E-state index in [0.717, 1.165) is 15.4 Å². The summed E-state index contributed by atoms with van der Waals surface area (Å²) in [4.78, 5) is 0. The average Bonchev–Trinajstić information content (AvgIpc) is 2.81.